The smallest absolute Gasteiger partial charge is 0.258 e. The van der Waals surface area contributed by atoms with E-state index in [2.05, 4.69) is 36.1 Å². The van der Waals surface area contributed by atoms with E-state index >= 15 is 0 Å². The maximum absolute atomic E-state index is 12.9. The van der Waals surface area contributed by atoms with Gasteiger partial charge in [-0.1, -0.05) is 31.1 Å². The fraction of sp³-hybridized carbons (Fsp3) is 0.222. The molecule has 0 aliphatic heterocycles. The fourth-order valence-corrected chi connectivity index (χ4v) is 2.31. The van der Waals surface area contributed by atoms with Gasteiger partial charge in [0, 0.05) is 11.1 Å². The van der Waals surface area contributed by atoms with Gasteiger partial charge < -0.3 is 4.52 Å². The molecule has 4 heteroatoms. The Hall–Kier alpha value is -2.49. The average Bonchev–Trinajstić information content (AvgIpc) is 2.98. The Bertz CT molecular complexity index is 746. The summed E-state index contributed by atoms with van der Waals surface area (Å²) >= 11 is 0. The summed E-state index contributed by atoms with van der Waals surface area (Å²) < 4.78 is 18.2. The van der Waals surface area contributed by atoms with E-state index in [1.807, 2.05) is 12.1 Å². The molecule has 0 saturated carbocycles. The van der Waals surface area contributed by atoms with Crippen molar-refractivity contribution in [3.8, 4) is 22.8 Å². The molecule has 3 rings (SSSR count). The highest BCUT2D eigenvalue weighted by Crippen LogP contribution is 2.23. The van der Waals surface area contributed by atoms with Crippen LogP contribution in [0.4, 0.5) is 4.39 Å². The van der Waals surface area contributed by atoms with Gasteiger partial charge in [0.25, 0.3) is 5.89 Å². The Morgan fingerprint density at radius 2 is 1.59 bits per heavy atom. The highest BCUT2D eigenvalue weighted by molar-refractivity contribution is 5.59. The molecule has 2 aromatic carbocycles. The second kappa shape index (κ2) is 6.10. The van der Waals surface area contributed by atoms with Crippen LogP contribution in [0, 0.1) is 11.7 Å². The normalized spacial score (nSPS) is 11.1. The summed E-state index contributed by atoms with van der Waals surface area (Å²) in [4.78, 5) is 4.37. The van der Waals surface area contributed by atoms with Crippen LogP contribution in [-0.4, -0.2) is 10.1 Å². The van der Waals surface area contributed by atoms with Gasteiger partial charge in [-0.3, -0.25) is 0 Å². The summed E-state index contributed by atoms with van der Waals surface area (Å²) in [6.07, 6.45) is 1.05. The van der Waals surface area contributed by atoms with Crippen LogP contribution in [-0.2, 0) is 6.42 Å². The summed E-state index contributed by atoms with van der Waals surface area (Å²) in [7, 11) is 0. The maximum Gasteiger partial charge on any atom is 0.258 e. The zero-order valence-corrected chi connectivity index (χ0v) is 12.6. The van der Waals surface area contributed by atoms with Crippen molar-refractivity contribution in [2.45, 2.75) is 20.3 Å². The number of aromatic nitrogens is 2. The van der Waals surface area contributed by atoms with E-state index in [9.17, 15) is 4.39 Å². The predicted molar refractivity (Wildman–Crippen MR) is 83.7 cm³/mol. The Kier molecular flexibility index (Phi) is 4.00. The van der Waals surface area contributed by atoms with Crippen molar-refractivity contribution in [3.63, 3.8) is 0 Å². The van der Waals surface area contributed by atoms with Crippen LogP contribution in [0.1, 0.15) is 19.4 Å². The van der Waals surface area contributed by atoms with E-state index in [1.165, 1.54) is 17.7 Å². The molecule has 1 heterocycles. The molecule has 0 unspecified atom stereocenters. The Balaban J connectivity index is 1.82. The molecule has 0 fully saturated rings. The topological polar surface area (TPSA) is 38.9 Å². The van der Waals surface area contributed by atoms with Gasteiger partial charge in [-0.05, 0) is 54.3 Å². The van der Waals surface area contributed by atoms with Gasteiger partial charge in [0.1, 0.15) is 5.82 Å². The summed E-state index contributed by atoms with van der Waals surface area (Å²) in [5, 5.41) is 3.95. The lowest BCUT2D eigenvalue weighted by Crippen LogP contribution is -1.93. The molecule has 0 bridgehead atoms. The second-order valence-corrected chi connectivity index (χ2v) is 5.72. The van der Waals surface area contributed by atoms with Crippen molar-refractivity contribution in [1.82, 2.24) is 10.1 Å². The molecule has 112 valence electrons. The van der Waals surface area contributed by atoms with Crippen molar-refractivity contribution in [1.29, 1.82) is 0 Å². The van der Waals surface area contributed by atoms with Crippen molar-refractivity contribution >= 4 is 0 Å². The Morgan fingerprint density at radius 3 is 2.23 bits per heavy atom. The first-order valence-electron chi connectivity index (χ1n) is 7.31. The number of hydrogen-bond acceptors (Lipinski definition) is 3. The Morgan fingerprint density at radius 1 is 0.955 bits per heavy atom. The van der Waals surface area contributed by atoms with E-state index in [4.69, 9.17) is 4.52 Å². The lowest BCUT2D eigenvalue weighted by Gasteiger charge is -2.04. The van der Waals surface area contributed by atoms with Gasteiger partial charge in [-0.15, -0.1) is 0 Å². The van der Waals surface area contributed by atoms with Crippen molar-refractivity contribution in [2.24, 2.45) is 5.92 Å². The third-order valence-electron chi connectivity index (χ3n) is 3.37. The van der Waals surface area contributed by atoms with Gasteiger partial charge in [-0.25, -0.2) is 4.39 Å². The molecule has 3 nitrogen and oxygen atoms in total. The van der Waals surface area contributed by atoms with E-state index in [0.717, 1.165) is 17.5 Å². The highest BCUT2D eigenvalue weighted by atomic mass is 19.1. The lowest BCUT2D eigenvalue weighted by atomic mass is 10.0. The van der Waals surface area contributed by atoms with Crippen LogP contribution < -0.4 is 0 Å². The molecule has 0 N–H and O–H groups in total. The van der Waals surface area contributed by atoms with Crippen molar-refractivity contribution in [2.75, 3.05) is 0 Å². The molecule has 3 aromatic rings. The molecule has 0 aliphatic carbocycles. The standard InChI is InChI=1S/C18H17FN2O/c1-12(2)11-13-3-5-15(6-4-13)18-20-17(21-22-18)14-7-9-16(19)10-8-14/h3-10,12H,11H2,1-2H3. The molecule has 0 aliphatic rings. The Labute approximate surface area is 128 Å². The molecular weight excluding hydrogens is 279 g/mol. The van der Waals surface area contributed by atoms with Crippen molar-refractivity contribution < 1.29 is 8.91 Å². The van der Waals surface area contributed by atoms with Crippen LogP contribution >= 0.6 is 0 Å². The van der Waals surface area contributed by atoms with E-state index in [1.54, 1.807) is 12.1 Å². The van der Waals surface area contributed by atoms with E-state index in [-0.39, 0.29) is 5.82 Å². The van der Waals surface area contributed by atoms with E-state index in [0.29, 0.717) is 17.6 Å². The predicted octanol–water partition coefficient (Wildman–Crippen LogP) is 4.74. The average molecular weight is 296 g/mol. The minimum absolute atomic E-state index is 0.284. The van der Waals surface area contributed by atoms with Crippen LogP contribution in [0.25, 0.3) is 22.8 Å². The number of benzene rings is 2. The lowest BCUT2D eigenvalue weighted by molar-refractivity contribution is 0.432. The zero-order valence-electron chi connectivity index (χ0n) is 12.6. The first-order chi connectivity index (χ1) is 10.6. The molecule has 0 spiro atoms. The number of rotatable bonds is 4. The van der Waals surface area contributed by atoms with Gasteiger partial charge in [0.15, 0.2) is 0 Å². The number of halogens is 1. The van der Waals surface area contributed by atoms with Crippen LogP contribution in [0.3, 0.4) is 0 Å². The van der Waals surface area contributed by atoms with Crippen molar-refractivity contribution in [3.05, 3.63) is 59.9 Å². The largest absolute Gasteiger partial charge is 0.334 e. The minimum Gasteiger partial charge on any atom is -0.334 e. The minimum atomic E-state index is -0.284. The molecule has 0 amide bonds. The molecule has 0 saturated heterocycles. The molecule has 1 aromatic heterocycles. The molecule has 0 atom stereocenters. The first-order valence-corrected chi connectivity index (χ1v) is 7.31. The molecular formula is C18H17FN2O. The summed E-state index contributed by atoms with van der Waals surface area (Å²) in [5.74, 6) is 1.27. The summed E-state index contributed by atoms with van der Waals surface area (Å²) in [5.41, 5.74) is 2.90. The van der Waals surface area contributed by atoms with E-state index < -0.39 is 0 Å². The van der Waals surface area contributed by atoms with Gasteiger partial charge in [0.05, 0.1) is 0 Å². The zero-order chi connectivity index (χ0) is 15.5. The maximum atomic E-state index is 12.9. The summed E-state index contributed by atoms with van der Waals surface area (Å²) in [6, 6.07) is 14.2. The summed E-state index contributed by atoms with van der Waals surface area (Å²) in [6.45, 7) is 4.39. The van der Waals surface area contributed by atoms with Crippen LogP contribution in [0.15, 0.2) is 53.1 Å². The van der Waals surface area contributed by atoms with Crippen LogP contribution in [0.5, 0.6) is 0 Å². The quantitative estimate of drug-likeness (QED) is 0.698. The molecule has 22 heavy (non-hydrogen) atoms. The number of hydrogen-bond donors (Lipinski definition) is 0. The van der Waals surface area contributed by atoms with Gasteiger partial charge in [-0.2, -0.15) is 4.98 Å². The third kappa shape index (κ3) is 3.22. The monoisotopic (exact) mass is 296 g/mol. The third-order valence-corrected chi connectivity index (χ3v) is 3.37. The van der Waals surface area contributed by atoms with Gasteiger partial charge in [0.2, 0.25) is 5.82 Å². The first kappa shape index (κ1) is 14.4. The fourth-order valence-electron chi connectivity index (χ4n) is 2.31. The SMILES string of the molecule is CC(C)Cc1ccc(-c2nc(-c3ccc(F)cc3)no2)cc1. The van der Waals surface area contributed by atoms with Crippen LogP contribution in [0.2, 0.25) is 0 Å². The highest BCUT2D eigenvalue weighted by Gasteiger charge is 2.10. The number of nitrogens with zero attached hydrogens (tertiary/aromatic N) is 2. The molecule has 0 radical (unpaired) electrons. The van der Waals surface area contributed by atoms with Gasteiger partial charge >= 0.3 is 0 Å². The second-order valence-electron chi connectivity index (χ2n) is 5.72.